The molecule has 2 rings (SSSR count). The smallest absolute Gasteiger partial charge is 0.293 e. The van der Waals surface area contributed by atoms with Crippen LogP contribution in [0.2, 0.25) is 0 Å². The van der Waals surface area contributed by atoms with E-state index in [-0.39, 0.29) is 10.6 Å². The summed E-state index contributed by atoms with van der Waals surface area (Å²) in [6.07, 6.45) is 3.45. The van der Waals surface area contributed by atoms with Gasteiger partial charge < -0.3 is 10.2 Å². The summed E-state index contributed by atoms with van der Waals surface area (Å²) < 4.78 is 22.9. The number of hydrogen-bond donors (Lipinski definition) is 1. The Morgan fingerprint density at radius 2 is 2.10 bits per heavy atom. The van der Waals surface area contributed by atoms with E-state index in [9.17, 15) is 18.5 Å². The highest BCUT2D eigenvalue weighted by Gasteiger charge is 2.25. The Morgan fingerprint density at radius 3 is 2.62 bits per heavy atom. The summed E-state index contributed by atoms with van der Waals surface area (Å²) in [6, 6.07) is 4.57. The van der Waals surface area contributed by atoms with Crippen LogP contribution in [0.1, 0.15) is 12.8 Å². The molecular weight excluding hydrogens is 294 g/mol. The van der Waals surface area contributed by atoms with Gasteiger partial charge in [-0.1, -0.05) is 0 Å². The quantitative estimate of drug-likeness (QED) is 0.606. The lowest BCUT2D eigenvalue weighted by molar-refractivity contribution is -0.384. The number of nitro groups is 1. The van der Waals surface area contributed by atoms with E-state index in [0.29, 0.717) is 18.3 Å². The third kappa shape index (κ3) is 4.15. The summed E-state index contributed by atoms with van der Waals surface area (Å²) in [4.78, 5) is 12.7. The van der Waals surface area contributed by atoms with Crippen LogP contribution in [0.25, 0.3) is 0 Å². The Kier molecular flexibility index (Phi) is 4.48. The van der Waals surface area contributed by atoms with Crippen LogP contribution in [-0.4, -0.2) is 50.7 Å². The van der Waals surface area contributed by atoms with E-state index in [4.69, 9.17) is 0 Å². The van der Waals surface area contributed by atoms with Crippen molar-refractivity contribution in [1.29, 1.82) is 0 Å². The number of rotatable bonds is 7. The number of nitrogens with one attached hydrogen (secondary N) is 1. The van der Waals surface area contributed by atoms with Crippen LogP contribution in [0.15, 0.2) is 23.1 Å². The SMILES string of the molecule is CN(CCNc1ccc(S(C)(=O)=O)cc1[N+](=O)[O-])C1CC1. The van der Waals surface area contributed by atoms with Crippen molar-refractivity contribution in [3.63, 3.8) is 0 Å². The monoisotopic (exact) mass is 313 g/mol. The molecule has 1 aliphatic carbocycles. The number of nitrogens with zero attached hydrogens (tertiary/aromatic N) is 2. The van der Waals surface area contributed by atoms with Gasteiger partial charge in [-0.2, -0.15) is 0 Å². The van der Waals surface area contributed by atoms with Gasteiger partial charge in [0.2, 0.25) is 0 Å². The molecule has 0 amide bonds. The van der Waals surface area contributed by atoms with Crippen LogP contribution in [-0.2, 0) is 9.84 Å². The van der Waals surface area contributed by atoms with Crippen molar-refractivity contribution < 1.29 is 13.3 Å². The highest BCUT2D eigenvalue weighted by Crippen LogP contribution is 2.28. The average molecular weight is 313 g/mol. The molecule has 0 saturated heterocycles. The van der Waals surface area contributed by atoms with Crippen molar-refractivity contribution in [3.8, 4) is 0 Å². The Morgan fingerprint density at radius 1 is 1.43 bits per heavy atom. The first kappa shape index (κ1) is 15.7. The number of benzene rings is 1. The van der Waals surface area contributed by atoms with Gasteiger partial charge in [0.25, 0.3) is 5.69 Å². The van der Waals surface area contributed by atoms with E-state index in [0.717, 1.165) is 18.9 Å². The minimum atomic E-state index is -3.45. The van der Waals surface area contributed by atoms with Gasteiger partial charge in [0.15, 0.2) is 9.84 Å². The average Bonchev–Trinajstić information content (AvgIpc) is 3.21. The highest BCUT2D eigenvalue weighted by molar-refractivity contribution is 7.90. The minimum absolute atomic E-state index is 0.0464. The van der Waals surface area contributed by atoms with E-state index in [1.54, 1.807) is 0 Å². The van der Waals surface area contributed by atoms with Crippen LogP contribution in [0.5, 0.6) is 0 Å². The third-order valence-electron chi connectivity index (χ3n) is 3.54. The summed E-state index contributed by atoms with van der Waals surface area (Å²) in [5.74, 6) is 0. The van der Waals surface area contributed by atoms with Gasteiger partial charge in [-0.05, 0) is 32.0 Å². The van der Waals surface area contributed by atoms with Crippen LogP contribution in [0.4, 0.5) is 11.4 Å². The minimum Gasteiger partial charge on any atom is -0.378 e. The predicted octanol–water partition coefficient (Wildman–Crippen LogP) is 1.50. The van der Waals surface area contributed by atoms with Gasteiger partial charge >= 0.3 is 0 Å². The molecule has 0 radical (unpaired) electrons. The fraction of sp³-hybridized carbons (Fsp3) is 0.538. The maximum Gasteiger partial charge on any atom is 0.293 e. The van der Waals surface area contributed by atoms with Crippen molar-refractivity contribution in [2.24, 2.45) is 0 Å². The second-order valence-electron chi connectivity index (χ2n) is 5.35. The molecule has 0 heterocycles. The Bertz CT molecular complexity index is 641. The fourth-order valence-corrected chi connectivity index (χ4v) is 2.75. The molecule has 7 nitrogen and oxygen atoms in total. The van der Waals surface area contributed by atoms with Gasteiger partial charge in [0.1, 0.15) is 5.69 Å². The Labute approximate surface area is 124 Å². The zero-order chi connectivity index (χ0) is 15.6. The molecule has 0 unspecified atom stereocenters. The fourth-order valence-electron chi connectivity index (χ4n) is 2.11. The standard InChI is InChI=1S/C13H19N3O4S/c1-15(10-3-4-10)8-7-14-12-6-5-11(21(2,19)20)9-13(12)16(17)18/h5-6,9-10,14H,3-4,7-8H2,1-2H3. The first-order chi connectivity index (χ1) is 9.79. The van der Waals surface area contributed by atoms with Crippen molar-refractivity contribution in [1.82, 2.24) is 4.90 Å². The first-order valence-corrected chi connectivity index (χ1v) is 8.61. The van der Waals surface area contributed by atoms with E-state index in [2.05, 4.69) is 10.2 Å². The number of nitro benzene ring substituents is 1. The molecule has 0 spiro atoms. The normalized spacial score (nSPS) is 15.2. The van der Waals surface area contributed by atoms with E-state index >= 15 is 0 Å². The Hall–Kier alpha value is -1.67. The van der Waals surface area contributed by atoms with Crippen LogP contribution < -0.4 is 5.32 Å². The number of likely N-dealkylation sites (N-methyl/N-ethyl adjacent to an activating group) is 1. The van der Waals surface area contributed by atoms with Gasteiger partial charge in [-0.15, -0.1) is 0 Å². The van der Waals surface area contributed by atoms with Crippen molar-refractivity contribution in [2.45, 2.75) is 23.8 Å². The van der Waals surface area contributed by atoms with E-state index in [1.807, 2.05) is 7.05 Å². The molecule has 0 aromatic heterocycles. The second kappa shape index (κ2) is 5.98. The molecule has 116 valence electrons. The van der Waals surface area contributed by atoms with Crippen molar-refractivity contribution >= 4 is 21.2 Å². The maximum atomic E-state index is 11.5. The molecule has 1 aliphatic rings. The first-order valence-electron chi connectivity index (χ1n) is 6.71. The lowest BCUT2D eigenvalue weighted by Crippen LogP contribution is -2.27. The summed E-state index contributed by atoms with van der Waals surface area (Å²) in [6.45, 7) is 1.36. The molecule has 1 N–H and O–H groups in total. The molecule has 0 bridgehead atoms. The number of hydrogen-bond acceptors (Lipinski definition) is 6. The highest BCUT2D eigenvalue weighted by atomic mass is 32.2. The number of sulfone groups is 1. The zero-order valence-corrected chi connectivity index (χ0v) is 12.9. The maximum absolute atomic E-state index is 11.5. The van der Waals surface area contributed by atoms with Crippen LogP contribution in [0, 0.1) is 10.1 Å². The van der Waals surface area contributed by atoms with E-state index in [1.165, 1.54) is 25.0 Å². The zero-order valence-electron chi connectivity index (χ0n) is 12.1. The third-order valence-corrected chi connectivity index (χ3v) is 4.65. The molecule has 1 aromatic carbocycles. The van der Waals surface area contributed by atoms with Gasteiger partial charge in [0.05, 0.1) is 9.82 Å². The predicted molar refractivity (Wildman–Crippen MR) is 80.3 cm³/mol. The van der Waals surface area contributed by atoms with Crippen molar-refractivity contribution in [2.75, 3.05) is 31.7 Å². The summed E-state index contributed by atoms with van der Waals surface area (Å²) in [5.41, 5.74) is 0.128. The van der Waals surface area contributed by atoms with Gasteiger partial charge in [0, 0.05) is 31.5 Å². The molecule has 0 aliphatic heterocycles. The lowest BCUT2D eigenvalue weighted by atomic mass is 10.2. The van der Waals surface area contributed by atoms with Gasteiger partial charge in [-0.3, -0.25) is 10.1 Å². The topological polar surface area (TPSA) is 92.6 Å². The molecule has 0 atom stereocenters. The van der Waals surface area contributed by atoms with Crippen molar-refractivity contribution in [3.05, 3.63) is 28.3 Å². The molecule has 1 saturated carbocycles. The van der Waals surface area contributed by atoms with Crippen LogP contribution in [0.3, 0.4) is 0 Å². The van der Waals surface area contributed by atoms with Gasteiger partial charge in [-0.25, -0.2) is 8.42 Å². The second-order valence-corrected chi connectivity index (χ2v) is 7.36. The summed E-state index contributed by atoms with van der Waals surface area (Å²) >= 11 is 0. The summed E-state index contributed by atoms with van der Waals surface area (Å²) in [7, 11) is -1.42. The Balaban J connectivity index is 2.09. The lowest BCUT2D eigenvalue weighted by Gasteiger charge is -2.16. The summed E-state index contributed by atoms with van der Waals surface area (Å²) in [5, 5.41) is 14.1. The molecule has 8 heteroatoms. The number of anilines is 1. The van der Waals surface area contributed by atoms with E-state index < -0.39 is 14.8 Å². The molecule has 1 aromatic rings. The molecule has 1 fully saturated rings. The van der Waals surface area contributed by atoms with Crippen LogP contribution >= 0.6 is 0 Å². The molecule has 21 heavy (non-hydrogen) atoms. The molecular formula is C13H19N3O4S. The largest absolute Gasteiger partial charge is 0.378 e.